The van der Waals surface area contributed by atoms with Gasteiger partial charge in [-0.25, -0.2) is 8.42 Å². The van der Waals surface area contributed by atoms with Gasteiger partial charge in [-0.05, 0) is 31.2 Å². The van der Waals surface area contributed by atoms with Gasteiger partial charge in [0.25, 0.3) is 10.0 Å². The van der Waals surface area contributed by atoms with Crippen molar-refractivity contribution in [1.82, 2.24) is 0 Å². The minimum Gasteiger partial charge on any atom is -0.495 e. The quantitative estimate of drug-likeness (QED) is 0.805. The molecule has 0 bridgehead atoms. The molecular weight excluding hydrogens is 354 g/mol. The Morgan fingerprint density at radius 3 is 2.04 bits per heavy atom. The molecule has 0 radical (unpaired) electrons. The van der Waals surface area contributed by atoms with Crippen LogP contribution in [-0.4, -0.2) is 29.2 Å². The third kappa shape index (κ3) is 4.04. The highest BCUT2D eigenvalue weighted by molar-refractivity contribution is 7.92. The van der Waals surface area contributed by atoms with Crippen LogP contribution < -0.4 is 18.9 Å². The summed E-state index contributed by atoms with van der Waals surface area (Å²) >= 11 is 6.08. The van der Waals surface area contributed by atoms with Gasteiger partial charge in [-0.15, -0.1) is 0 Å². The van der Waals surface area contributed by atoms with E-state index in [4.69, 9.17) is 25.8 Å². The van der Waals surface area contributed by atoms with Crippen LogP contribution in [0.4, 0.5) is 5.69 Å². The van der Waals surface area contributed by atoms with Crippen LogP contribution in [0.5, 0.6) is 17.2 Å². The monoisotopic (exact) mass is 371 g/mol. The molecule has 2 aromatic carbocycles. The van der Waals surface area contributed by atoms with Crippen molar-refractivity contribution in [2.75, 3.05) is 25.5 Å². The van der Waals surface area contributed by atoms with Gasteiger partial charge in [0.2, 0.25) is 0 Å². The first-order chi connectivity index (χ1) is 11.4. The predicted octanol–water partition coefficient (Wildman–Crippen LogP) is 3.56. The lowest BCUT2D eigenvalue weighted by molar-refractivity contribution is 0.340. The first kappa shape index (κ1) is 18.2. The number of ether oxygens (including phenoxy) is 3. The zero-order chi connectivity index (χ0) is 17.7. The van der Waals surface area contributed by atoms with Gasteiger partial charge >= 0.3 is 0 Å². The lowest BCUT2D eigenvalue weighted by atomic mass is 10.3. The van der Waals surface area contributed by atoms with Gasteiger partial charge in [0.15, 0.2) is 0 Å². The molecule has 8 heteroatoms. The molecular formula is C16H18ClNO5S. The van der Waals surface area contributed by atoms with E-state index in [9.17, 15) is 8.42 Å². The molecule has 24 heavy (non-hydrogen) atoms. The van der Waals surface area contributed by atoms with Crippen molar-refractivity contribution in [2.24, 2.45) is 0 Å². The van der Waals surface area contributed by atoms with Crippen LogP contribution in [0.15, 0.2) is 41.3 Å². The zero-order valence-corrected chi connectivity index (χ0v) is 15.1. The number of sulfonamides is 1. The Bertz CT molecular complexity index is 781. The number of halogens is 1. The molecule has 0 aliphatic carbocycles. The number of anilines is 1. The summed E-state index contributed by atoms with van der Waals surface area (Å²) in [5.74, 6) is 1.21. The van der Waals surface area contributed by atoms with E-state index >= 15 is 0 Å². The minimum absolute atomic E-state index is 0.110. The van der Waals surface area contributed by atoms with Crippen LogP contribution in [0.2, 0.25) is 5.02 Å². The number of nitrogens with one attached hydrogen (secondary N) is 1. The molecule has 130 valence electrons. The Hall–Kier alpha value is -2.12. The van der Waals surface area contributed by atoms with Crippen LogP contribution in [0.1, 0.15) is 6.92 Å². The molecule has 0 unspecified atom stereocenters. The summed E-state index contributed by atoms with van der Waals surface area (Å²) in [5, 5.41) is 0.268. The summed E-state index contributed by atoms with van der Waals surface area (Å²) < 4.78 is 43.0. The van der Waals surface area contributed by atoms with E-state index in [1.807, 2.05) is 6.92 Å². The maximum absolute atomic E-state index is 12.5. The number of hydrogen-bond acceptors (Lipinski definition) is 5. The molecule has 0 saturated heterocycles. The predicted molar refractivity (Wildman–Crippen MR) is 93.0 cm³/mol. The third-order valence-electron chi connectivity index (χ3n) is 3.14. The number of benzene rings is 2. The van der Waals surface area contributed by atoms with E-state index in [1.54, 1.807) is 12.1 Å². The summed E-state index contributed by atoms with van der Waals surface area (Å²) in [5.41, 5.74) is 0.280. The molecule has 2 rings (SSSR count). The summed E-state index contributed by atoms with van der Waals surface area (Å²) in [6.45, 7) is 2.36. The Morgan fingerprint density at radius 2 is 1.58 bits per heavy atom. The SMILES string of the molecule is CCOc1ccc(S(=O)(=O)Nc2cc(OC)c(Cl)c(OC)c2)cc1. The summed E-state index contributed by atoms with van der Waals surface area (Å²) in [7, 11) is -0.896. The first-order valence-corrected chi connectivity index (χ1v) is 8.94. The van der Waals surface area contributed by atoms with Crippen molar-refractivity contribution in [3.05, 3.63) is 41.4 Å². The second-order valence-corrected chi connectivity index (χ2v) is 6.77. The van der Waals surface area contributed by atoms with Crippen LogP contribution in [-0.2, 0) is 10.0 Å². The molecule has 0 saturated carbocycles. The smallest absolute Gasteiger partial charge is 0.261 e. The van der Waals surface area contributed by atoms with Crippen LogP contribution in [0.25, 0.3) is 0 Å². The van der Waals surface area contributed by atoms with E-state index in [0.29, 0.717) is 23.9 Å². The number of methoxy groups -OCH3 is 2. The lowest BCUT2D eigenvalue weighted by Gasteiger charge is -2.13. The number of rotatable bonds is 7. The Balaban J connectivity index is 2.31. The van der Waals surface area contributed by atoms with Crippen LogP contribution in [0, 0.1) is 0 Å². The van der Waals surface area contributed by atoms with Crippen molar-refractivity contribution in [1.29, 1.82) is 0 Å². The molecule has 6 nitrogen and oxygen atoms in total. The van der Waals surface area contributed by atoms with E-state index in [0.717, 1.165) is 0 Å². The molecule has 0 atom stereocenters. The normalized spacial score (nSPS) is 11.0. The molecule has 0 fully saturated rings. The van der Waals surface area contributed by atoms with Crippen LogP contribution >= 0.6 is 11.6 Å². The fourth-order valence-electron chi connectivity index (χ4n) is 2.02. The van der Waals surface area contributed by atoms with Crippen molar-refractivity contribution >= 4 is 27.3 Å². The Labute approximate surface area is 146 Å². The van der Waals surface area contributed by atoms with E-state index in [1.165, 1.54) is 38.5 Å². The second-order valence-electron chi connectivity index (χ2n) is 4.70. The minimum atomic E-state index is -3.77. The largest absolute Gasteiger partial charge is 0.495 e. The maximum Gasteiger partial charge on any atom is 0.261 e. The fourth-order valence-corrected chi connectivity index (χ4v) is 3.33. The highest BCUT2D eigenvalue weighted by Crippen LogP contribution is 2.37. The summed E-state index contributed by atoms with van der Waals surface area (Å²) in [4.78, 5) is 0.110. The highest BCUT2D eigenvalue weighted by atomic mass is 35.5. The Morgan fingerprint density at radius 1 is 1.04 bits per heavy atom. The topological polar surface area (TPSA) is 73.9 Å². The van der Waals surface area contributed by atoms with Gasteiger partial charge in [0.1, 0.15) is 22.3 Å². The molecule has 0 amide bonds. The van der Waals surface area contributed by atoms with E-state index in [2.05, 4.69) is 4.72 Å². The average molecular weight is 372 g/mol. The van der Waals surface area contributed by atoms with Crippen molar-refractivity contribution in [3.8, 4) is 17.2 Å². The maximum atomic E-state index is 12.5. The lowest BCUT2D eigenvalue weighted by Crippen LogP contribution is -2.13. The summed E-state index contributed by atoms with van der Waals surface area (Å²) in [6, 6.07) is 9.10. The van der Waals surface area contributed by atoms with E-state index in [-0.39, 0.29) is 15.6 Å². The van der Waals surface area contributed by atoms with Gasteiger partial charge < -0.3 is 14.2 Å². The standard InChI is InChI=1S/C16H18ClNO5S/c1-4-23-12-5-7-13(8-6-12)24(19,20)18-11-9-14(21-2)16(17)15(10-11)22-3/h5-10,18H,4H2,1-3H3. The Kier molecular flexibility index (Phi) is 5.80. The van der Waals surface area contributed by atoms with Crippen molar-refractivity contribution in [2.45, 2.75) is 11.8 Å². The third-order valence-corrected chi connectivity index (χ3v) is 4.91. The molecule has 0 aliphatic heterocycles. The molecule has 0 aromatic heterocycles. The van der Waals surface area contributed by atoms with E-state index < -0.39 is 10.0 Å². The van der Waals surface area contributed by atoms with Gasteiger partial charge in [-0.2, -0.15) is 0 Å². The fraction of sp³-hybridized carbons (Fsp3) is 0.250. The van der Waals surface area contributed by atoms with Gasteiger partial charge in [0, 0.05) is 12.1 Å². The van der Waals surface area contributed by atoms with Gasteiger partial charge in [-0.1, -0.05) is 11.6 Å². The number of hydrogen-bond donors (Lipinski definition) is 1. The molecule has 0 aliphatic rings. The van der Waals surface area contributed by atoms with Gasteiger partial charge in [0.05, 0.1) is 31.4 Å². The van der Waals surface area contributed by atoms with Crippen molar-refractivity contribution in [3.63, 3.8) is 0 Å². The average Bonchev–Trinajstić information content (AvgIpc) is 2.56. The summed E-state index contributed by atoms with van der Waals surface area (Å²) in [6.07, 6.45) is 0. The highest BCUT2D eigenvalue weighted by Gasteiger charge is 2.17. The molecule has 2 aromatic rings. The van der Waals surface area contributed by atoms with Gasteiger partial charge in [-0.3, -0.25) is 4.72 Å². The first-order valence-electron chi connectivity index (χ1n) is 7.08. The van der Waals surface area contributed by atoms with Crippen LogP contribution in [0.3, 0.4) is 0 Å². The zero-order valence-electron chi connectivity index (χ0n) is 13.5. The molecule has 0 spiro atoms. The van der Waals surface area contributed by atoms with Crippen molar-refractivity contribution < 1.29 is 22.6 Å². The molecule has 1 N–H and O–H groups in total. The molecule has 0 heterocycles. The second kappa shape index (κ2) is 7.63.